The number of thioether (sulfide) groups is 1. The van der Waals surface area contributed by atoms with Gasteiger partial charge in [-0.3, -0.25) is 4.90 Å². The van der Waals surface area contributed by atoms with E-state index in [4.69, 9.17) is 4.74 Å². The number of hydrogen-bond acceptors (Lipinski definition) is 3. The molecule has 4 heteroatoms. The van der Waals surface area contributed by atoms with Crippen LogP contribution in [0.1, 0.15) is 0 Å². The molecule has 88 valence electrons. The predicted molar refractivity (Wildman–Crippen MR) is 64.4 cm³/mol. The summed E-state index contributed by atoms with van der Waals surface area (Å²) in [6.07, 6.45) is 0. The number of nitrogens with zero attached hydrogens (tertiary/aromatic N) is 1. The van der Waals surface area contributed by atoms with E-state index in [0.29, 0.717) is 0 Å². The fourth-order valence-electron chi connectivity index (χ4n) is 1.67. The Kier molecular flexibility index (Phi) is 4.63. The predicted octanol–water partition coefficient (Wildman–Crippen LogP) is 2.25. The number of benzene rings is 1. The molecular weight excluding hydrogens is 225 g/mol. The molecule has 0 radical (unpaired) electrons. The van der Waals surface area contributed by atoms with E-state index in [-0.39, 0.29) is 5.82 Å². The Morgan fingerprint density at radius 2 is 2.00 bits per heavy atom. The zero-order valence-corrected chi connectivity index (χ0v) is 10.0. The van der Waals surface area contributed by atoms with Crippen molar-refractivity contribution in [3.8, 4) is 0 Å². The molecule has 0 N–H and O–H groups in total. The summed E-state index contributed by atoms with van der Waals surface area (Å²) < 4.78 is 18.6. The van der Waals surface area contributed by atoms with Gasteiger partial charge in [-0.15, -0.1) is 11.8 Å². The molecule has 2 rings (SSSR count). The summed E-state index contributed by atoms with van der Waals surface area (Å²) in [5.74, 6) is 0.815. The van der Waals surface area contributed by atoms with Gasteiger partial charge in [-0.25, -0.2) is 4.39 Å². The Morgan fingerprint density at radius 3 is 2.75 bits per heavy atom. The lowest BCUT2D eigenvalue weighted by Crippen LogP contribution is -2.37. The van der Waals surface area contributed by atoms with E-state index in [1.807, 2.05) is 12.1 Å². The molecule has 0 saturated carbocycles. The fraction of sp³-hybridized carbons (Fsp3) is 0.500. The Balaban J connectivity index is 1.73. The molecule has 0 aromatic heterocycles. The highest BCUT2D eigenvalue weighted by molar-refractivity contribution is 7.99. The molecule has 1 fully saturated rings. The van der Waals surface area contributed by atoms with Gasteiger partial charge in [-0.1, -0.05) is 12.1 Å². The summed E-state index contributed by atoms with van der Waals surface area (Å²) in [7, 11) is 0. The Morgan fingerprint density at radius 1 is 1.25 bits per heavy atom. The molecule has 0 atom stereocenters. The highest BCUT2D eigenvalue weighted by Crippen LogP contribution is 2.21. The molecule has 1 aromatic carbocycles. The second-order valence-corrected chi connectivity index (χ2v) is 4.87. The first-order valence-corrected chi connectivity index (χ1v) is 6.52. The summed E-state index contributed by atoms with van der Waals surface area (Å²) in [5, 5.41) is 0. The maximum Gasteiger partial charge on any atom is 0.136 e. The van der Waals surface area contributed by atoms with Gasteiger partial charge < -0.3 is 4.74 Å². The third-order valence-electron chi connectivity index (χ3n) is 2.61. The highest BCUT2D eigenvalue weighted by Gasteiger charge is 2.10. The molecule has 0 aliphatic carbocycles. The third kappa shape index (κ3) is 3.47. The average molecular weight is 241 g/mol. The number of ether oxygens (including phenoxy) is 1. The van der Waals surface area contributed by atoms with Crippen LogP contribution >= 0.6 is 11.8 Å². The quantitative estimate of drug-likeness (QED) is 0.750. The van der Waals surface area contributed by atoms with Gasteiger partial charge in [-0.2, -0.15) is 0 Å². The van der Waals surface area contributed by atoms with Gasteiger partial charge in [0, 0.05) is 30.3 Å². The van der Waals surface area contributed by atoms with Gasteiger partial charge in [0.15, 0.2) is 0 Å². The third-order valence-corrected chi connectivity index (χ3v) is 3.63. The van der Waals surface area contributed by atoms with Gasteiger partial charge >= 0.3 is 0 Å². The van der Waals surface area contributed by atoms with E-state index in [1.165, 1.54) is 6.07 Å². The number of hydrogen-bond donors (Lipinski definition) is 0. The van der Waals surface area contributed by atoms with Crippen molar-refractivity contribution in [3.63, 3.8) is 0 Å². The van der Waals surface area contributed by atoms with Gasteiger partial charge in [0.2, 0.25) is 0 Å². The van der Waals surface area contributed by atoms with Gasteiger partial charge in [0.1, 0.15) is 5.82 Å². The Bertz CT molecular complexity index is 329. The van der Waals surface area contributed by atoms with Crippen LogP contribution < -0.4 is 0 Å². The molecule has 0 unspecified atom stereocenters. The summed E-state index contributed by atoms with van der Waals surface area (Å²) in [4.78, 5) is 3.10. The second-order valence-electron chi connectivity index (χ2n) is 3.73. The van der Waals surface area contributed by atoms with Gasteiger partial charge in [0.25, 0.3) is 0 Å². The van der Waals surface area contributed by atoms with Crippen molar-refractivity contribution in [1.82, 2.24) is 4.90 Å². The molecule has 0 amide bonds. The minimum atomic E-state index is -0.116. The largest absolute Gasteiger partial charge is 0.379 e. The van der Waals surface area contributed by atoms with E-state index in [9.17, 15) is 4.39 Å². The first-order valence-electron chi connectivity index (χ1n) is 5.54. The molecular formula is C12H16FNOS. The van der Waals surface area contributed by atoms with Crippen LogP contribution in [-0.4, -0.2) is 43.5 Å². The molecule has 0 bridgehead atoms. The van der Waals surface area contributed by atoms with Crippen LogP contribution in [-0.2, 0) is 4.74 Å². The lowest BCUT2D eigenvalue weighted by atomic mass is 10.3. The van der Waals surface area contributed by atoms with E-state index < -0.39 is 0 Å². The maximum absolute atomic E-state index is 13.3. The average Bonchev–Trinajstić information content (AvgIpc) is 2.33. The van der Waals surface area contributed by atoms with Crippen LogP contribution in [0.5, 0.6) is 0 Å². The summed E-state index contributed by atoms with van der Waals surface area (Å²) >= 11 is 1.58. The SMILES string of the molecule is Fc1ccccc1SCCN1CCOCC1. The van der Waals surface area contributed by atoms with Crippen molar-refractivity contribution in [2.45, 2.75) is 4.90 Å². The number of halogens is 1. The summed E-state index contributed by atoms with van der Waals surface area (Å²) in [6, 6.07) is 6.94. The monoisotopic (exact) mass is 241 g/mol. The molecule has 1 saturated heterocycles. The van der Waals surface area contributed by atoms with E-state index in [0.717, 1.165) is 43.5 Å². The zero-order valence-electron chi connectivity index (χ0n) is 9.19. The molecule has 1 aliphatic rings. The zero-order chi connectivity index (χ0) is 11.2. The van der Waals surface area contributed by atoms with Crippen LogP contribution in [0.2, 0.25) is 0 Å². The van der Waals surface area contributed by atoms with E-state index >= 15 is 0 Å². The molecule has 2 nitrogen and oxygen atoms in total. The van der Waals surface area contributed by atoms with Crippen LogP contribution in [0.4, 0.5) is 4.39 Å². The number of rotatable bonds is 4. The normalized spacial score (nSPS) is 17.6. The topological polar surface area (TPSA) is 12.5 Å². The molecule has 1 heterocycles. The Hall–Kier alpha value is -0.580. The maximum atomic E-state index is 13.3. The lowest BCUT2D eigenvalue weighted by Gasteiger charge is -2.26. The van der Waals surface area contributed by atoms with Gasteiger partial charge in [0.05, 0.1) is 13.2 Å². The first kappa shape index (κ1) is 11.9. The second kappa shape index (κ2) is 6.23. The summed E-state index contributed by atoms with van der Waals surface area (Å²) in [5.41, 5.74) is 0. The lowest BCUT2D eigenvalue weighted by molar-refractivity contribution is 0.0410. The van der Waals surface area contributed by atoms with Crippen LogP contribution in [0.3, 0.4) is 0 Å². The standard InChI is InChI=1S/C12H16FNOS/c13-11-3-1-2-4-12(11)16-10-7-14-5-8-15-9-6-14/h1-4H,5-10H2. The Labute approximate surface area is 99.8 Å². The highest BCUT2D eigenvalue weighted by atomic mass is 32.2. The smallest absolute Gasteiger partial charge is 0.136 e. The van der Waals surface area contributed by atoms with Crippen molar-refractivity contribution >= 4 is 11.8 Å². The number of morpholine rings is 1. The minimum Gasteiger partial charge on any atom is -0.379 e. The van der Waals surface area contributed by atoms with Crippen molar-refractivity contribution in [3.05, 3.63) is 30.1 Å². The minimum absolute atomic E-state index is 0.116. The summed E-state index contributed by atoms with van der Waals surface area (Å²) in [6.45, 7) is 4.65. The molecule has 0 spiro atoms. The van der Waals surface area contributed by atoms with Crippen LogP contribution in [0, 0.1) is 5.82 Å². The van der Waals surface area contributed by atoms with Crippen molar-refractivity contribution in [2.24, 2.45) is 0 Å². The van der Waals surface area contributed by atoms with Crippen LogP contribution in [0.25, 0.3) is 0 Å². The first-order chi connectivity index (χ1) is 7.86. The van der Waals surface area contributed by atoms with Crippen LogP contribution in [0.15, 0.2) is 29.2 Å². The van der Waals surface area contributed by atoms with E-state index in [1.54, 1.807) is 17.8 Å². The molecule has 1 aromatic rings. The van der Waals surface area contributed by atoms with Gasteiger partial charge in [-0.05, 0) is 12.1 Å². The molecule has 16 heavy (non-hydrogen) atoms. The van der Waals surface area contributed by atoms with Crippen molar-refractivity contribution < 1.29 is 9.13 Å². The van der Waals surface area contributed by atoms with Crippen molar-refractivity contribution in [2.75, 3.05) is 38.6 Å². The molecule has 1 aliphatic heterocycles. The van der Waals surface area contributed by atoms with E-state index in [2.05, 4.69) is 4.90 Å². The van der Waals surface area contributed by atoms with Crippen molar-refractivity contribution in [1.29, 1.82) is 0 Å². The fourth-order valence-corrected chi connectivity index (χ4v) is 2.62.